The lowest BCUT2D eigenvalue weighted by Gasteiger charge is -2.46. The van der Waals surface area contributed by atoms with Gasteiger partial charge in [0.15, 0.2) is 27.9 Å². The first kappa shape index (κ1) is 36.0. The number of aromatic hydroxyl groups is 1. The van der Waals surface area contributed by atoms with E-state index in [1.165, 1.54) is 53.4 Å². The molecule has 0 bridgehead atoms. The molecule has 0 saturated carbocycles. The Labute approximate surface area is 311 Å². The van der Waals surface area contributed by atoms with Crippen molar-refractivity contribution in [2.45, 2.75) is 42.8 Å². The van der Waals surface area contributed by atoms with E-state index >= 15 is 0 Å². The first-order chi connectivity index (χ1) is 25.4. The number of fused-ring (bicyclic) bond motifs is 2. The Bertz CT molecular complexity index is 2130. The number of primary amides is 1. The monoisotopic (exact) mass is 765 g/mol. The number of likely N-dealkylation sites (tertiary alicyclic amines) is 1. The van der Waals surface area contributed by atoms with Crippen molar-refractivity contribution in [3.05, 3.63) is 95.0 Å². The molecule has 0 aliphatic carbocycles. The van der Waals surface area contributed by atoms with Crippen molar-refractivity contribution in [2.75, 3.05) is 39.0 Å². The van der Waals surface area contributed by atoms with E-state index in [1.54, 1.807) is 12.1 Å². The van der Waals surface area contributed by atoms with E-state index in [9.17, 15) is 23.1 Å². The summed E-state index contributed by atoms with van der Waals surface area (Å²) in [5.74, 6) is 0.924. The highest BCUT2D eigenvalue weighted by molar-refractivity contribution is 7.87. The van der Waals surface area contributed by atoms with Gasteiger partial charge in [0.1, 0.15) is 24.1 Å². The Morgan fingerprint density at radius 3 is 2.40 bits per heavy atom. The van der Waals surface area contributed by atoms with Gasteiger partial charge in [0.25, 0.3) is 0 Å². The van der Waals surface area contributed by atoms with Gasteiger partial charge in [-0.25, -0.2) is 4.79 Å². The molecular weight excluding hydrogens is 728 g/mol. The van der Waals surface area contributed by atoms with E-state index in [-0.39, 0.29) is 59.0 Å². The van der Waals surface area contributed by atoms with Crippen LogP contribution >= 0.6 is 11.6 Å². The second-order valence-electron chi connectivity index (χ2n) is 13.5. The summed E-state index contributed by atoms with van der Waals surface area (Å²) in [4.78, 5) is 28.7. The molecule has 0 spiro atoms. The lowest BCUT2D eigenvalue weighted by atomic mass is 9.96. The first-order valence-corrected chi connectivity index (χ1v) is 18.7. The number of phenols is 1. The Morgan fingerprint density at radius 1 is 0.962 bits per heavy atom. The number of anilines is 1. The average molecular weight is 766 g/mol. The normalized spacial score (nSPS) is 19.3. The Balaban J connectivity index is 1.12. The van der Waals surface area contributed by atoms with Crippen molar-refractivity contribution in [3.63, 3.8) is 0 Å². The number of likely N-dealkylation sites (N-methyl/N-ethyl adjacent to an activating group) is 1. The van der Waals surface area contributed by atoms with Crippen LogP contribution in [0.25, 0.3) is 0 Å². The molecule has 0 aromatic heterocycles. The average Bonchev–Trinajstić information content (AvgIpc) is 3.79. The summed E-state index contributed by atoms with van der Waals surface area (Å²) in [7, 11) is -2.32. The molecule has 3 atom stereocenters. The van der Waals surface area contributed by atoms with Crippen LogP contribution in [0.3, 0.4) is 0 Å². The number of piperidine rings is 1. The smallest absolute Gasteiger partial charge is 0.344 e. The minimum Gasteiger partial charge on any atom is -0.508 e. The lowest BCUT2D eigenvalue weighted by molar-refractivity contribution is -0.928. The van der Waals surface area contributed by atoms with Gasteiger partial charge in [0.05, 0.1) is 31.2 Å². The van der Waals surface area contributed by atoms with E-state index in [4.69, 9.17) is 40.5 Å². The molecule has 4 aromatic rings. The molecule has 14 nitrogen and oxygen atoms in total. The fraction of sp³-hybridized carbons (Fsp3) is 0.297. The highest BCUT2D eigenvalue weighted by atomic mass is 35.5. The molecule has 16 heteroatoms. The summed E-state index contributed by atoms with van der Waals surface area (Å²) in [6.07, 6.45) is 1.54. The van der Waals surface area contributed by atoms with Gasteiger partial charge in [-0.2, -0.15) is 8.42 Å². The predicted octanol–water partition coefficient (Wildman–Crippen LogP) is 5.01. The molecule has 278 valence electrons. The van der Waals surface area contributed by atoms with Crippen LogP contribution in [0.1, 0.15) is 24.0 Å². The third-order valence-electron chi connectivity index (χ3n) is 9.55. The summed E-state index contributed by atoms with van der Waals surface area (Å²) in [6.45, 7) is 2.06. The van der Waals surface area contributed by atoms with Crippen molar-refractivity contribution in [1.29, 1.82) is 0 Å². The van der Waals surface area contributed by atoms with Crippen LogP contribution in [0.15, 0.2) is 83.8 Å². The molecule has 4 aromatic carbocycles. The second kappa shape index (κ2) is 14.6. The Morgan fingerprint density at radius 2 is 1.64 bits per heavy atom. The van der Waals surface area contributed by atoms with Crippen molar-refractivity contribution in [3.8, 4) is 34.5 Å². The number of carbonyl (C=O) groups excluding carboxylic acids is 2. The zero-order valence-electron chi connectivity index (χ0n) is 28.7. The maximum Gasteiger partial charge on any atom is 0.344 e. The van der Waals surface area contributed by atoms with Crippen molar-refractivity contribution in [2.24, 2.45) is 5.73 Å². The molecule has 3 amide bonds. The minimum atomic E-state index is -4.44. The molecule has 3 aliphatic heterocycles. The highest BCUT2D eigenvalue weighted by Crippen LogP contribution is 2.43. The molecule has 3 heterocycles. The largest absolute Gasteiger partial charge is 0.508 e. The predicted molar refractivity (Wildman–Crippen MR) is 193 cm³/mol. The number of amides is 3. The third kappa shape index (κ3) is 7.87. The number of phenolic OH excluding ortho intramolecular Hbond substituents is 1. The molecule has 7 rings (SSSR count). The molecular formula is C37H38ClN4O10S+. The Hall–Kier alpha value is -5.38. The number of benzene rings is 4. The molecule has 0 radical (unpaired) electrons. The number of nitrogens with zero attached hydrogens (tertiary/aromatic N) is 2. The zero-order chi connectivity index (χ0) is 37.3. The maximum absolute atomic E-state index is 14.3. The van der Waals surface area contributed by atoms with Gasteiger partial charge < -0.3 is 48.7 Å². The van der Waals surface area contributed by atoms with Crippen LogP contribution in [0.4, 0.5) is 10.5 Å². The van der Waals surface area contributed by atoms with E-state index < -0.39 is 28.1 Å². The van der Waals surface area contributed by atoms with Crippen LogP contribution in [-0.4, -0.2) is 80.7 Å². The van der Waals surface area contributed by atoms with Crippen LogP contribution in [-0.2, 0) is 27.9 Å². The van der Waals surface area contributed by atoms with E-state index in [0.29, 0.717) is 46.7 Å². The van der Waals surface area contributed by atoms with Gasteiger partial charge in [-0.3, -0.25) is 4.79 Å². The lowest BCUT2D eigenvalue weighted by Crippen LogP contribution is -2.62. The fourth-order valence-electron chi connectivity index (χ4n) is 7.11. The van der Waals surface area contributed by atoms with Crippen molar-refractivity contribution < 1.29 is 50.7 Å². The number of halogens is 1. The summed E-state index contributed by atoms with van der Waals surface area (Å²) in [6, 6.07) is 18.9. The van der Waals surface area contributed by atoms with Crippen molar-refractivity contribution >= 4 is 39.3 Å². The quantitative estimate of drug-likeness (QED) is 0.139. The summed E-state index contributed by atoms with van der Waals surface area (Å²) in [5, 5.41) is 12.6. The number of nitrogens with two attached hydrogens (primary N) is 1. The van der Waals surface area contributed by atoms with Gasteiger partial charge in [-0.15, -0.1) is 0 Å². The Kier molecular flexibility index (Phi) is 9.89. The second-order valence-corrected chi connectivity index (χ2v) is 15.4. The molecule has 53 heavy (non-hydrogen) atoms. The van der Waals surface area contributed by atoms with E-state index in [2.05, 4.69) is 12.4 Å². The number of quaternary nitrogens is 1. The highest BCUT2D eigenvalue weighted by Gasteiger charge is 2.41. The number of hydrogen-bond acceptors (Lipinski definition) is 10. The minimum absolute atomic E-state index is 0.0360. The van der Waals surface area contributed by atoms with Gasteiger partial charge in [-0.05, 0) is 85.1 Å². The molecule has 1 unspecified atom stereocenters. The van der Waals surface area contributed by atoms with E-state index in [0.717, 1.165) is 18.5 Å². The van der Waals surface area contributed by atoms with Gasteiger partial charge in [0, 0.05) is 17.7 Å². The summed E-state index contributed by atoms with van der Waals surface area (Å²) >= 11 is 6.22. The summed E-state index contributed by atoms with van der Waals surface area (Å²) in [5.41, 5.74) is 8.11. The molecule has 1 fully saturated rings. The number of carbonyl (C=O) groups is 2. The molecule has 3 aliphatic rings. The number of ether oxygens (including phenoxy) is 4. The van der Waals surface area contributed by atoms with Crippen LogP contribution < -0.4 is 34.2 Å². The number of hydrogen-bond donors (Lipinski definition) is 3. The SMILES string of the molecule is C[N+]1(Cc2ccc3c(c2)OCO3)CCC[C@H](N(C(=O)Nc2ccc(OS(=O)(=O)c3c(Cl)ccc4c3OCO4)cc2)[C@@H](Cc2ccc(O)cc2)C(N)=O)C1. The number of urea groups is 1. The van der Waals surface area contributed by atoms with Gasteiger partial charge >= 0.3 is 16.1 Å². The number of rotatable bonds is 11. The first-order valence-electron chi connectivity index (χ1n) is 16.9. The van der Waals surface area contributed by atoms with Crippen LogP contribution in [0.5, 0.6) is 34.5 Å². The maximum atomic E-state index is 14.3. The standard InChI is InChI=1S/C37H37ClN4O10S/c1-42(19-24-6-14-31-33(18-24)50-21-48-31)16-2-3-26(20-42)41(30(36(39)44)17-23-4-9-27(43)10-5-23)37(45)40-25-7-11-28(12-8-25)52-53(46,47)35-29(38)13-15-32-34(35)51-22-49-32/h4-15,18,26,30H,2-3,16-17,19-22H2,1H3,(H3-,39,40,43,44,45)/p+1/t26-,30-,42?/m0/s1. The fourth-order valence-corrected chi connectivity index (χ4v) is 8.68. The van der Waals surface area contributed by atoms with E-state index in [1.807, 2.05) is 18.2 Å². The van der Waals surface area contributed by atoms with Gasteiger partial charge in [-0.1, -0.05) is 23.7 Å². The number of nitrogens with one attached hydrogen (secondary N) is 1. The van der Waals surface area contributed by atoms with Gasteiger partial charge in [0.2, 0.25) is 19.5 Å². The zero-order valence-corrected chi connectivity index (χ0v) is 30.3. The third-order valence-corrected chi connectivity index (χ3v) is 11.3. The van der Waals surface area contributed by atoms with Crippen LogP contribution in [0, 0.1) is 0 Å². The molecule has 4 N–H and O–H groups in total. The summed E-state index contributed by atoms with van der Waals surface area (Å²) < 4.78 is 54.1. The topological polar surface area (TPSA) is 176 Å². The van der Waals surface area contributed by atoms with Crippen molar-refractivity contribution in [1.82, 2.24) is 4.90 Å². The molecule has 1 saturated heterocycles. The van der Waals surface area contributed by atoms with Crippen LogP contribution in [0.2, 0.25) is 5.02 Å².